The molecule has 3 nitrogen and oxygen atoms in total. The average molecular weight is 230 g/mol. The molecule has 0 aliphatic heterocycles. The van der Waals surface area contributed by atoms with E-state index < -0.39 is 0 Å². The third kappa shape index (κ3) is 2.98. The van der Waals surface area contributed by atoms with Crippen molar-refractivity contribution in [2.45, 2.75) is 38.1 Å². The summed E-state index contributed by atoms with van der Waals surface area (Å²) in [4.78, 5) is 0. The SMILES string of the molecule is N#CCCCCOc1ccc2c(c1)CC[C@H]2N. The fraction of sp³-hybridized carbons (Fsp3) is 0.500. The topological polar surface area (TPSA) is 59.0 Å². The second-order valence-electron chi connectivity index (χ2n) is 4.47. The van der Waals surface area contributed by atoms with Gasteiger partial charge in [0, 0.05) is 12.5 Å². The van der Waals surface area contributed by atoms with Crippen LogP contribution in [0.15, 0.2) is 18.2 Å². The van der Waals surface area contributed by atoms with E-state index in [0.717, 1.165) is 31.4 Å². The third-order valence-electron chi connectivity index (χ3n) is 3.19. The van der Waals surface area contributed by atoms with E-state index in [-0.39, 0.29) is 6.04 Å². The van der Waals surface area contributed by atoms with E-state index >= 15 is 0 Å². The summed E-state index contributed by atoms with van der Waals surface area (Å²) in [6.45, 7) is 0.687. The van der Waals surface area contributed by atoms with E-state index in [4.69, 9.17) is 15.7 Å². The lowest BCUT2D eigenvalue weighted by molar-refractivity contribution is 0.307. The van der Waals surface area contributed by atoms with Crippen LogP contribution in [0.25, 0.3) is 0 Å². The minimum atomic E-state index is 0.203. The van der Waals surface area contributed by atoms with Crippen molar-refractivity contribution in [3.8, 4) is 11.8 Å². The van der Waals surface area contributed by atoms with E-state index in [9.17, 15) is 0 Å². The third-order valence-corrected chi connectivity index (χ3v) is 3.19. The molecule has 2 N–H and O–H groups in total. The molecule has 0 radical (unpaired) electrons. The van der Waals surface area contributed by atoms with Crippen LogP contribution in [0.2, 0.25) is 0 Å². The molecule has 1 atom stereocenters. The highest BCUT2D eigenvalue weighted by atomic mass is 16.5. The van der Waals surface area contributed by atoms with Gasteiger partial charge in [-0.3, -0.25) is 0 Å². The first-order valence-electron chi connectivity index (χ1n) is 6.19. The zero-order chi connectivity index (χ0) is 12.1. The minimum Gasteiger partial charge on any atom is -0.494 e. The second kappa shape index (κ2) is 5.70. The van der Waals surface area contributed by atoms with Crippen molar-refractivity contribution in [2.24, 2.45) is 5.73 Å². The van der Waals surface area contributed by atoms with Crippen molar-refractivity contribution < 1.29 is 4.74 Å². The molecule has 1 aromatic rings. The highest BCUT2D eigenvalue weighted by Crippen LogP contribution is 2.31. The molecule has 0 spiro atoms. The Kier molecular flexibility index (Phi) is 4.00. The Bertz CT molecular complexity index is 423. The summed E-state index contributed by atoms with van der Waals surface area (Å²) < 4.78 is 5.66. The normalized spacial score (nSPS) is 17.5. The number of nitriles is 1. The Morgan fingerprint density at radius 3 is 3.12 bits per heavy atom. The second-order valence-corrected chi connectivity index (χ2v) is 4.47. The van der Waals surface area contributed by atoms with Crippen molar-refractivity contribution >= 4 is 0 Å². The summed E-state index contributed by atoms with van der Waals surface area (Å²) in [5.41, 5.74) is 8.57. The zero-order valence-electron chi connectivity index (χ0n) is 9.98. The molecule has 0 aromatic heterocycles. The maximum atomic E-state index is 8.41. The molecule has 0 saturated heterocycles. The predicted molar refractivity (Wildman–Crippen MR) is 66.7 cm³/mol. The Morgan fingerprint density at radius 1 is 1.41 bits per heavy atom. The van der Waals surface area contributed by atoms with Gasteiger partial charge in [0.25, 0.3) is 0 Å². The summed E-state index contributed by atoms with van der Waals surface area (Å²) in [6, 6.07) is 8.52. The van der Waals surface area contributed by atoms with Gasteiger partial charge in [-0.25, -0.2) is 0 Å². The van der Waals surface area contributed by atoms with E-state index in [0.29, 0.717) is 13.0 Å². The van der Waals surface area contributed by atoms with Crippen LogP contribution in [0, 0.1) is 11.3 Å². The van der Waals surface area contributed by atoms with E-state index in [2.05, 4.69) is 18.2 Å². The van der Waals surface area contributed by atoms with Gasteiger partial charge >= 0.3 is 0 Å². The lowest BCUT2D eigenvalue weighted by atomic mass is 10.1. The van der Waals surface area contributed by atoms with Crippen molar-refractivity contribution in [1.82, 2.24) is 0 Å². The Hall–Kier alpha value is -1.53. The highest BCUT2D eigenvalue weighted by Gasteiger charge is 2.18. The smallest absolute Gasteiger partial charge is 0.119 e. The molecule has 17 heavy (non-hydrogen) atoms. The van der Waals surface area contributed by atoms with Crippen LogP contribution < -0.4 is 10.5 Å². The van der Waals surface area contributed by atoms with Crippen molar-refractivity contribution in [2.75, 3.05) is 6.61 Å². The van der Waals surface area contributed by atoms with Crippen molar-refractivity contribution in [3.05, 3.63) is 29.3 Å². The molecule has 0 fully saturated rings. The minimum absolute atomic E-state index is 0.203. The maximum absolute atomic E-state index is 8.41. The van der Waals surface area contributed by atoms with Gasteiger partial charge in [-0.2, -0.15) is 5.26 Å². The van der Waals surface area contributed by atoms with Crippen LogP contribution >= 0.6 is 0 Å². The van der Waals surface area contributed by atoms with E-state index in [1.54, 1.807) is 0 Å². The summed E-state index contributed by atoms with van der Waals surface area (Å²) in [6.07, 6.45) is 4.56. The molecular weight excluding hydrogens is 212 g/mol. The number of aryl methyl sites for hydroxylation is 1. The van der Waals surface area contributed by atoms with Crippen LogP contribution in [-0.4, -0.2) is 6.61 Å². The maximum Gasteiger partial charge on any atom is 0.119 e. The number of benzene rings is 1. The zero-order valence-corrected chi connectivity index (χ0v) is 9.98. The number of nitrogens with zero attached hydrogens (tertiary/aromatic N) is 1. The monoisotopic (exact) mass is 230 g/mol. The first-order valence-corrected chi connectivity index (χ1v) is 6.19. The fourth-order valence-corrected chi connectivity index (χ4v) is 2.21. The van der Waals surface area contributed by atoms with Gasteiger partial charge in [0.05, 0.1) is 12.7 Å². The van der Waals surface area contributed by atoms with Crippen molar-refractivity contribution in [3.63, 3.8) is 0 Å². The predicted octanol–water partition coefficient (Wildman–Crippen LogP) is 2.71. The standard InChI is InChI=1S/C14H18N2O/c15-8-2-1-3-9-17-12-5-6-13-11(10-12)4-7-14(13)16/h5-6,10,14H,1-4,7,9,16H2/t14-/m1/s1. The number of unbranched alkanes of at least 4 members (excludes halogenated alkanes) is 2. The number of fused-ring (bicyclic) bond motifs is 1. The molecule has 1 aliphatic carbocycles. The first-order chi connectivity index (χ1) is 8.31. The molecule has 0 saturated carbocycles. The molecule has 0 unspecified atom stereocenters. The Morgan fingerprint density at radius 2 is 2.29 bits per heavy atom. The Balaban J connectivity index is 1.85. The van der Waals surface area contributed by atoms with Gasteiger partial charge in [-0.05, 0) is 48.9 Å². The summed E-state index contributed by atoms with van der Waals surface area (Å²) >= 11 is 0. The highest BCUT2D eigenvalue weighted by molar-refractivity contribution is 5.40. The van der Waals surface area contributed by atoms with Crippen molar-refractivity contribution in [1.29, 1.82) is 5.26 Å². The van der Waals surface area contributed by atoms with Crippen LogP contribution in [0.3, 0.4) is 0 Å². The quantitative estimate of drug-likeness (QED) is 0.791. The number of rotatable bonds is 5. The lowest BCUT2D eigenvalue weighted by Crippen LogP contribution is -2.05. The van der Waals surface area contributed by atoms with E-state index in [1.807, 2.05) is 6.07 Å². The average Bonchev–Trinajstić information content (AvgIpc) is 2.71. The Labute approximate surface area is 102 Å². The van der Waals surface area contributed by atoms with Crippen LogP contribution in [0.1, 0.15) is 42.9 Å². The van der Waals surface area contributed by atoms with Gasteiger partial charge in [0.15, 0.2) is 0 Å². The van der Waals surface area contributed by atoms with E-state index in [1.165, 1.54) is 11.1 Å². The summed E-state index contributed by atoms with van der Waals surface area (Å²) in [5.74, 6) is 0.926. The first kappa shape index (κ1) is 11.9. The lowest BCUT2D eigenvalue weighted by Gasteiger charge is -2.08. The van der Waals surface area contributed by atoms with Gasteiger partial charge in [-0.1, -0.05) is 6.07 Å². The van der Waals surface area contributed by atoms with Gasteiger partial charge < -0.3 is 10.5 Å². The number of hydrogen-bond acceptors (Lipinski definition) is 3. The van der Waals surface area contributed by atoms with Crippen LogP contribution in [0.5, 0.6) is 5.75 Å². The van der Waals surface area contributed by atoms with Gasteiger partial charge in [-0.15, -0.1) is 0 Å². The summed E-state index contributed by atoms with van der Waals surface area (Å²) in [7, 11) is 0. The number of nitrogens with two attached hydrogens (primary N) is 1. The molecule has 2 rings (SSSR count). The largest absolute Gasteiger partial charge is 0.494 e. The van der Waals surface area contributed by atoms with Crippen LogP contribution in [0.4, 0.5) is 0 Å². The summed E-state index contributed by atoms with van der Waals surface area (Å²) in [5, 5.41) is 8.41. The molecule has 3 heteroatoms. The van der Waals surface area contributed by atoms with Gasteiger partial charge in [0.2, 0.25) is 0 Å². The molecule has 0 heterocycles. The number of hydrogen-bond donors (Lipinski definition) is 1. The fourth-order valence-electron chi connectivity index (χ4n) is 2.21. The number of ether oxygens (including phenoxy) is 1. The molecule has 0 bridgehead atoms. The van der Waals surface area contributed by atoms with Crippen LogP contribution in [-0.2, 0) is 6.42 Å². The molecular formula is C14H18N2O. The molecule has 0 amide bonds. The molecule has 1 aliphatic rings. The molecule has 1 aromatic carbocycles. The van der Waals surface area contributed by atoms with Gasteiger partial charge in [0.1, 0.15) is 5.75 Å². The molecule has 90 valence electrons.